The summed E-state index contributed by atoms with van der Waals surface area (Å²) in [5.74, 6) is 0. The predicted molar refractivity (Wildman–Crippen MR) is 105 cm³/mol. The first-order chi connectivity index (χ1) is 13.3. The Balaban J connectivity index is 1.94. The summed E-state index contributed by atoms with van der Waals surface area (Å²) in [6.07, 6.45) is 6.33. The van der Waals surface area contributed by atoms with Gasteiger partial charge >= 0.3 is 0 Å². The molecule has 6 nitrogen and oxygen atoms in total. The highest BCUT2D eigenvalue weighted by molar-refractivity contribution is 5.78. The zero-order chi connectivity index (χ0) is 18.8. The van der Waals surface area contributed by atoms with Crippen molar-refractivity contribution in [3.63, 3.8) is 0 Å². The van der Waals surface area contributed by atoms with Crippen LogP contribution >= 0.6 is 0 Å². The Hall–Kier alpha value is -2.41. The summed E-state index contributed by atoms with van der Waals surface area (Å²) >= 11 is 0. The minimum Gasteiger partial charge on any atom is -0.392 e. The molecular formula is C21H25N3O3. The number of aliphatic hydroxyl groups excluding tert-OH is 1. The highest BCUT2D eigenvalue weighted by Crippen LogP contribution is 2.34. The van der Waals surface area contributed by atoms with Gasteiger partial charge in [-0.25, -0.2) is 4.98 Å². The smallest absolute Gasteiger partial charge is 0.161 e. The Morgan fingerprint density at radius 1 is 1.15 bits per heavy atom. The third-order valence-electron chi connectivity index (χ3n) is 5.15. The summed E-state index contributed by atoms with van der Waals surface area (Å²) in [5.41, 5.74) is 8.06. The second kappa shape index (κ2) is 7.68. The maximum Gasteiger partial charge on any atom is 0.161 e. The number of hydrogen-bond acceptors (Lipinski definition) is 5. The van der Waals surface area contributed by atoms with Crippen molar-refractivity contribution < 1.29 is 14.6 Å². The average Bonchev–Trinajstić information content (AvgIpc) is 3.13. The number of aryl methyl sites for hydroxylation is 1. The first-order valence-corrected chi connectivity index (χ1v) is 9.24. The van der Waals surface area contributed by atoms with Gasteiger partial charge in [0.2, 0.25) is 0 Å². The van der Waals surface area contributed by atoms with E-state index in [-0.39, 0.29) is 6.61 Å². The molecule has 2 N–H and O–H groups in total. The van der Waals surface area contributed by atoms with Crippen molar-refractivity contribution in [2.45, 2.75) is 32.7 Å². The second-order valence-electron chi connectivity index (χ2n) is 6.86. The standard InChI is InChI=1S/C21H25N3O3/c1-26-12-16-6-5-15(11-25)17(13-27-2)19(16)18-10-24-9-7-14-4-3-8-22-20(14)21(24)23-18/h5-7,9-10,22,25H,3-4,8,11-13H2,1-2H3. The van der Waals surface area contributed by atoms with Crippen LogP contribution in [0.25, 0.3) is 16.9 Å². The van der Waals surface area contributed by atoms with Crippen LogP contribution in [0.15, 0.2) is 30.6 Å². The van der Waals surface area contributed by atoms with Crippen LogP contribution in [0.1, 0.15) is 28.7 Å². The van der Waals surface area contributed by atoms with Gasteiger partial charge in [-0.05, 0) is 41.2 Å². The number of aliphatic hydroxyl groups is 1. The van der Waals surface area contributed by atoms with Gasteiger partial charge < -0.3 is 24.3 Å². The number of benzene rings is 1. The van der Waals surface area contributed by atoms with E-state index in [1.807, 2.05) is 18.3 Å². The molecule has 4 rings (SSSR count). The van der Waals surface area contributed by atoms with Gasteiger partial charge in [-0.2, -0.15) is 0 Å². The Labute approximate surface area is 158 Å². The fourth-order valence-corrected chi connectivity index (χ4v) is 3.89. The van der Waals surface area contributed by atoms with Crippen molar-refractivity contribution in [1.29, 1.82) is 0 Å². The van der Waals surface area contributed by atoms with E-state index in [0.29, 0.717) is 13.2 Å². The van der Waals surface area contributed by atoms with Crippen molar-refractivity contribution in [3.8, 4) is 11.3 Å². The lowest BCUT2D eigenvalue weighted by atomic mass is 9.94. The normalized spacial score (nSPS) is 13.6. The molecule has 0 fully saturated rings. The molecule has 142 valence electrons. The summed E-state index contributed by atoms with van der Waals surface area (Å²) in [7, 11) is 3.35. The minimum absolute atomic E-state index is 0.0384. The molecule has 0 spiro atoms. The van der Waals surface area contributed by atoms with Gasteiger partial charge in [0.25, 0.3) is 0 Å². The first-order valence-electron chi connectivity index (χ1n) is 9.24. The fourth-order valence-electron chi connectivity index (χ4n) is 3.89. The minimum atomic E-state index is -0.0384. The van der Waals surface area contributed by atoms with Gasteiger partial charge in [0, 0.05) is 38.7 Å². The van der Waals surface area contributed by atoms with Crippen LogP contribution in [0.2, 0.25) is 0 Å². The number of nitrogens with zero attached hydrogens (tertiary/aromatic N) is 2. The highest BCUT2D eigenvalue weighted by atomic mass is 16.5. The van der Waals surface area contributed by atoms with Gasteiger partial charge in [0.05, 0.1) is 31.2 Å². The Bertz CT molecular complexity index is 965. The number of hydrogen-bond donors (Lipinski definition) is 2. The Kier molecular flexibility index (Phi) is 5.11. The molecule has 0 atom stereocenters. The number of ether oxygens (including phenoxy) is 2. The van der Waals surface area contributed by atoms with Gasteiger partial charge in [0.1, 0.15) is 0 Å². The Morgan fingerprint density at radius 3 is 2.74 bits per heavy atom. The topological polar surface area (TPSA) is 68.0 Å². The van der Waals surface area contributed by atoms with Crippen LogP contribution in [0.3, 0.4) is 0 Å². The van der Waals surface area contributed by atoms with Crippen LogP contribution in [-0.4, -0.2) is 35.3 Å². The van der Waals surface area contributed by atoms with Crippen LogP contribution in [-0.2, 0) is 35.7 Å². The number of imidazole rings is 1. The molecule has 1 aliphatic rings. The van der Waals surface area contributed by atoms with Crippen LogP contribution in [0.4, 0.5) is 5.69 Å². The molecule has 0 saturated carbocycles. The van der Waals surface area contributed by atoms with E-state index in [0.717, 1.165) is 58.7 Å². The number of anilines is 1. The van der Waals surface area contributed by atoms with E-state index in [1.54, 1.807) is 14.2 Å². The van der Waals surface area contributed by atoms with Crippen molar-refractivity contribution >= 4 is 11.3 Å². The van der Waals surface area contributed by atoms with Crippen molar-refractivity contribution in [2.75, 3.05) is 26.1 Å². The maximum atomic E-state index is 9.81. The molecule has 0 amide bonds. The van der Waals surface area contributed by atoms with E-state index >= 15 is 0 Å². The van der Waals surface area contributed by atoms with Crippen LogP contribution in [0.5, 0.6) is 0 Å². The summed E-state index contributed by atoms with van der Waals surface area (Å²) in [6, 6.07) is 6.10. The first kappa shape index (κ1) is 18.0. The molecule has 1 aromatic carbocycles. The van der Waals surface area contributed by atoms with E-state index in [4.69, 9.17) is 14.5 Å². The molecule has 0 aliphatic carbocycles. The molecule has 1 aliphatic heterocycles. The van der Waals surface area contributed by atoms with E-state index in [1.165, 1.54) is 5.56 Å². The van der Waals surface area contributed by atoms with Crippen LogP contribution < -0.4 is 5.32 Å². The van der Waals surface area contributed by atoms with Gasteiger partial charge in [-0.1, -0.05) is 12.1 Å². The lowest BCUT2D eigenvalue weighted by Crippen LogP contribution is -2.12. The Morgan fingerprint density at radius 2 is 1.96 bits per heavy atom. The lowest BCUT2D eigenvalue weighted by molar-refractivity contribution is 0.178. The number of nitrogens with one attached hydrogen (secondary N) is 1. The average molecular weight is 367 g/mol. The largest absolute Gasteiger partial charge is 0.392 e. The number of pyridine rings is 1. The molecular weight excluding hydrogens is 342 g/mol. The SMILES string of the molecule is COCc1ccc(CO)c(COC)c1-c1cn2ccc3c(c2n1)NCCC3. The second-order valence-corrected chi connectivity index (χ2v) is 6.86. The lowest BCUT2D eigenvalue weighted by Gasteiger charge is -2.18. The van der Waals surface area contributed by atoms with Crippen molar-refractivity contribution in [3.05, 3.63) is 52.8 Å². The summed E-state index contributed by atoms with van der Waals surface area (Å²) in [6.45, 7) is 1.82. The molecule has 6 heteroatoms. The molecule has 0 radical (unpaired) electrons. The quantitative estimate of drug-likeness (QED) is 0.701. The molecule has 3 heterocycles. The zero-order valence-electron chi connectivity index (χ0n) is 15.8. The number of fused-ring (bicyclic) bond motifs is 3. The van der Waals surface area contributed by atoms with Gasteiger partial charge in [0.15, 0.2) is 5.65 Å². The molecule has 27 heavy (non-hydrogen) atoms. The molecule has 0 saturated heterocycles. The van der Waals surface area contributed by atoms with Gasteiger partial charge in [-0.15, -0.1) is 0 Å². The van der Waals surface area contributed by atoms with Gasteiger partial charge in [-0.3, -0.25) is 0 Å². The van der Waals surface area contributed by atoms with E-state index in [2.05, 4.69) is 22.0 Å². The van der Waals surface area contributed by atoms with E-state index in [9.17, 15) is 5.11 Å². The number of methoxy groups -OCH3 is 2. The summed E-state index contributed by atoms with van der Waals surface area (Å²) in [5, 5.41) is 13.3. The zero-order valence-corrected chi connectivity index (χ0v) is 15.8. The molecule has 0 unspecified atom stereocenters. The number of rotatable bonds is 6. The third-order valence-corrected chi connectivity index (χ3v) is 5.15. The summed E-state index contributed by atoms with van der Waals surface area (Å²) < 4.78 is 12.9. The fraction of sp³-hybridized carbons (Fsp3) is 0.381. The van der Waals surface area contributed by atoms with Crippen molar-refractivity contribution in [1.82, 2.24) is 9.38 Å². The molecule has 2 aromatic heterocycles. The van der Waals surface area contributed by atoms with Crippen LogP contribution in [0, 0.1) is 0 Å². The summed E-state index contributed by atoms with van der Waals surface area (Å²) in [4.78, 5) is 4.97. The third kappa shape index (κ3) is 3.20. The van der Waals surface area contributed by atoms with Crippen molar-refractivity contribution in [2.24, 2.45) is 0 Å². The maximum absolute atomic E-state index is 9.81. The highest BCUT2D eigenvalue weighted by Gasteiger charge is 2.20. The molecule has 0 bridgehead atoms. The predicted octanol–water partition coefficient (Wildman–Crippen LogP) is 3.14. The monoisotopic (exact) mass is 367 g/mol. The number of aromatic nitrogens is 2. The molecule has 3 aromatic rings. The van der Waals surface area contributed by atoms with E-state index < -0.39 is 0 Å².